The van der Waals surface area contributed by atoms with Gasteiger partial charge in [0.25, 0.3) is 0 Å². The van der Waals surface area contributed by atoms with Crippen LogP contribution in [0.2, 0.25) is 0 Å². The van der Waals surface area contributed by atoms with Crippen molar-refractivity contribution in [3.8, 4) is 0 Å². The highest BCUT2D eigenvalue weighted by Crippen LogP contribution is 2.24. The van der Waals surface area contributed by atoms with Crippen molar-refractivity contribution in [3.63, 3.8) is 0 Å². The summed E-state index contributed by atoms with van der Waals surface area (Å²) in [7, 11) is 0. The maximum Gasteiger partial charge on any atom is 0.148 e. The van der Waals surface area contributed by atoms with Gasteiger partial charge in [0.1, 0.15) is 11.3 Å². The zero-order chi connectivity index (χ0) is 9.99. The fourth-order valence-corrected chi connectivity index (χ4v) is 0.788. The van der Waals surface area contributed by atoms with Crippen LogP contribution in [0.5, 0.6) is 0 Å². The number of aliphatic hydroxyl groups excluding tert-OH is 1. The highest BCUT2D eigenvalue weighted by Gasteiger charge is 2.45. The Morgan fingerprint density at radius 3 is 2.25 bits per heavy atom. The van der Waals surface area contributed by atoms with Crippen LogP contribution in [-0.2, 0) is 0 Å². The van der Waals surface area contributed by atoms with Gasteiger partial charge in [0.2, 0.25) is 0 Å². The molecule has 0 aliphatic rings. The summed E-state index contributed by atoms with van der Waals surface area (Å²) in [4.78, 5) is 0. The predicted molar refractivity (Wildman–Crippen MR) is 46.3 cm³/mol. The van der Waals surface area contributed by atoms with E-state index in [-0.39, 0.29) is 6.42 Å². The summed E-state index contributed by atoms with van der Waals surface area (Å²) in [5, 5.41) is 28.2. The first-order valence-corrected chi connectivity index (χ1v) is 3.78. The van der Waals surface area contributed by atoms with Gasteiger partial charge in [0, 0.05) is 6.42 Å². The molecule has 0 aromatic heterocycles. The number of aliphatic hydroxyl groups is 3. The molecule has 0 spiro atoms. The molecule has 0 saturated carbocycles. The van der Waals surface area contributed by atoms with Crippen molar-refractivity contribution in [1.82, 2.24) is 0 Å². The summed E-state index contributed by atoms with van der Waals surface area (Å²) in [5.41, 5.74) is 1.80. The smallest absolute Gasteiger partial charge is 0.148 e. The van der Waals surface area contributed by atoms with Crippen molar-refractivity contribution in [2.45, 2.75) is 37.7 Å². The number of hydrogen-bond acceptors (Lipinski definition) is 4. The van der Waals surface area contributed by atoms with E-state index in [0.717, 1.165) is 0 Å². The Morgan fingerprint density at radius 2 is 2.00 bits per heavy atom. The lowest BCUT2D eigenvalue weighted by atomic mass is 9.86. The van der Waals surface area contributed by atoms with E-state index in [2.05, 4.69) is 6.58 Å². The summed E-state index contributed by atoms with van der Waals surface area (Å²) in [6.07, 6.45) is 0.300. The molecular formula is C8H17NO3. The fraction of sp³-hybridized carbons (Fsp3) is 0.750. The Bertz CT molecular complexity index is 164. The molecule has 3 unspecified atom stereocenters. The maximum atomic E-state index is 9.58. The number of rotatable bonds is 4. The number of hydrogen-bond donors (Lipinski definition) is 4. The zero-order valence-corrected chi connectivity index (χ0v) is 7.49. The predicted octanol–water partition coefficient (Wildman–Crippen LogP) is -0.658. The Balaban J connectivity index is 4.61. The van der Waals surface area contributed by atoms with Crippen molar-refractivity contribution < 1.29 is 15.3 Å². The highest BCUT2D eigenvalue weighted by atomic mass is 16.4. The molecule has 0 rings (SSSR count). The molecule has 72 valence electrons. The Hall–Kier alpha value is -0.420. The van der Waals surface area contributed by atoms with Crippen LogP contribution in [0.4, 0.5) is 0 Å². The molecule has 4 nitrogen and oxygen atoms in total. The quantitative estimate of drug-likeness (QED) is 0.337. The molecule has 3 atom stereocenters. The van der Waals surface area contributed by atoms with Crippen LogP contribution < -0.4 is 5.73 Å². The largest absolute Gasteiger partial charge is 0.390 e. The molecule has 0 aromatic carbocycles. The first kappa shape index (κ1) is 11.6. The van der Waals surface area contributed by atoms with Gasteiger partial charge < -0.3 is 21.1 Å². The van der Waals surface area contributed by atoms with E-state index in [1.54, 1.807) is 0 Å². The van der Waals surface area contributed by atoms with Crippen LogP contribution in [0.3, 0.4) is 0 Å². The molecule has 12 heavy (non-hydrogen) atoms. The van der Waals surface area contributed by atoms with Gasteiger partial charge in [-0.3, -0.25) is 0 Å². The van der Waals surface area contributed by atoms with E-state index in [9.17, 15) is 10.2 Å². The lowest BCUT2D eigenvalue weighted by Crippen LogP contribution is -2.63. The molecule has 0 amide bonds. The van der Waals surface area contributed by atoms with Crippen molar-refractivity contribution in [3.05, 3.63) is 12.7 Å². The Kier molecular flexibility index (Phi) is 3.41. The number of nitrogens with two attached hydrogens (primary N) is 1. The molecule has 0 aromatic rings. The van der Waals surface area contributed by atoms with Crippen LogP contribution in [0.1, 0.15) is 20.3 Å². The standard InChI is InChI=1S/C8H17NO3/c1-4-5-8(9,12)7(3,11)6(2)10/h4,6,10-12H,1,5,9H2,2-3H3. The average molecular weight is 175 g/mol. The summed E-state index contributed by atoms with van der Waals surface area (Å²) in [5.74, 6) is 0. The van der Waals surface area contributed by atoms with E-state index in [0.29, 0.717) is 0 Å². The SMILES string of the molecule is C=CCC(N)(O)C(C)(O)C(C)O. The van der Waals surface area contributed by atoms with Gasteiger partial charge in [0.05, 0.1) is 6.10 Å². The summed E-state index contributed by atoms with van der Waals surface area (Å²) in [6.45, 7) is 6.03. The summed E-state index contributed by atoms with van der Waals surface area (Å²) < 4.78 is 0. The third-order valence-electron chi connectivity index (χ3n) is 2.15. The van der Waals surface area contributed by atoms with E-state index >= 15 is 0 Å². The van der Waals surface area contributed by atoms with Crippen molar-refractivity contribution in [1.29, 1.82) is 0 Å². The minimum Gasteiger partial charge on any atom is -0.390 e. The first-order valence-electron chi connectivity index (χ1n) is 3.78. The molecular weight excluding hydrogens is 158 g/mol. The molecule has 0 radical (unpaired) electrons. The summed E-state index contributed by atoms with van der Waals surface area (Å²) in [6, 6.07) is 0. The van der Waals surface area contributed by atoms with Crippen LogP contribution in [0.25, 0.3) is 0 Å². The third-order valence-corrected chi connectivity index (χ3v) is 2.15. The lowest BCUT2D eigenvalue weighted by molar-refractivity contribution is -0.184. The van der Waals surface area contributed by atoms with E-state index in [4.69, 9.17) is 10.8 Å². The summed E-state index contributed by atoms with van der Waals surface area (Å²) >= 11 is 0. The molecule has 4 heteroatoms. The molecule has 0 aliphatic carbocycles. The van der Waals surface area contributed by atoms with Crippen LogP contribution in [-0.4, -0.2) is 32.7 Å². The second-order valence-electron chi connectivity index (χ2n) is 3.24. The molecule has 0 aliphatic heterocycles. The highest BCUT2D eigenvalue weighted by molar-refractivity contribution is 4.99. The van der Waals surface area contributed by atoms with Crippen molar-refractivity contribution in [2.75, 3.05) is 0 Å². The molecule has 5 N–H and O–H groups in total. The maximum absolute atomic E-state index is 9.58. The molecule has 0 bridgehead atoms. The molecule has 0 heterocycles. The third kappa shape index (κ3) is 2.04. The monoisotopic (exact) mass is 175 g/mol. The fourth-order valence-electron chi connectivity index (χ4n) is 0.788. The van der Waals surface area contributed by atoms with Gasteiger partial charge in [-0.2, -0.15) is 0 Å². The van der Waals surface area contributed by atoms with Crippen LogP contribution in [0.15, 0.2) is 12.7 Å². The van der Waals surface area contributed by atoms with Gasteiger partial charge >= 0.3 is 0 Å². The van der Waals surface area contributed by atoms with Crippen LogP contribution >= 0.6 is 0 Å². The van der Waals surface area contributed by atoms with E-state index in [1.165, 1.54) is 19.9 Å². The lowest BCUT2D eigenvalue weighted by Gasteiger charge is -2.39. The van der Waals surface area contributed by atoms with Crippen molar-refractivity contribution in [2.24, 2.45) is 5.73 Å². The minimum absolute atomic E-state index is 0.0188. The van der Waals surface area contributed by atoms with E-state index < -0.39 is 17.4 Å². The van der Waals surface area contributed by atoms with Crippen LogP contribution in [0, 0.1) is 0 Å². The van der Waals surface area contributed by atoms with Gasteiger partial charge in [-0.1, -0.05) is 6.08 Å². The molecule has 0 saturated heterocycles. The van der Waals surface area contributed by atoms with Gasteiger partial charge in [-0.05, 0) is 13.8 Å². The normalized spacial score (nSPS) is 23.8. The minimum atomic E-state index is -1.84. The second-order valence-corrected chi connectivity index (χ2v) is 3.24. The first-order chi connectivity index (χ1) is 5.25. The van der Waals surface area contributed by atoms with Gasteiger partial charge in [-0.25, -0.2) is 0 Å². The van der Waals surface area contributed by atoms with E-state index in [1.807, 2.05) is 0 Å². The Labute approximate surface area is 72.3 Å². The second kappa shape index (κ2) is 3.53. The zero-order valence-electron chi connectivity index (χ0n) is 7.49. The average Bonchev–Trinajstić information content (AvgIpc) is 1.86. The van der Waals surface area contributed by atoms with Gasteiger partial charge in [0.15, 0.2) is 0 Å². The topological polar surface area (TPSA) is 86.7 Å². The van der Waals surface area contributed by atoms with Gasteiger partial charge in [-0.15, -0.1) is 6.58 Å². The van der Waals surface area contributed by atoms with Crippen molar-refractivity contribution >= 4 is 0 Å². The molecule has 0 fully saturated rings. The Morgan fingerprint density at radius 1 is 1.58 bits per heavy atom.